The van der Waals surface area contributed by atoms with E-state index in [4.69, 9.17) is 4.74 Å². The number of halogens is 5. The van der Waals surface area contributed by atoms with Gasteiger partial charge in [0, 0.05) is 68.3 Å². The second kappa shape index (κ2) is 12.2. The van der Waals surface area contributed by atoms with E-state index in [-0.39, 0.29) is 53.9 Å². The lowest BCUT2D eigenvalue weighted by Gasteiger charge is -2.27. The average Bonchev–Trinajstić information content (AvgIpc) is 2.92. The van der Waals surface area contributed by atoms with Gasteiger partial charge in [0.2, 0.25) is 5.91 Å². The van der Waals surface area contributed by atoms with Crippen molar-refractivity contribution in [2.45, 2.75) is 19.1 Å². The Morgan fingerprint density at radius 2 is 1.85 bits per heavy atom. The van der Waals surface area contributed by atoms with Crippen LogP contribution in [0.3, 0.4) is 0 Å². The molecule has 4 rings (SSSR count). The van der Waals surface area contributed by atoms with Gasteiger partial charge in [0.1, 0.15) is 17.5 Å². The van der Waals surface area contributed by atoms with Gasteiger partial charge >= 0.3 is 6.18 Å². The molecular weight excluding hydrogens is 523 g/mol. The molecule has 206 valence electrons. The van der Waals surface area contributed by atoms with E-state index in [0.717, 1.165) is 18.2 Å². The third-order valence-corrected chi connectivity index (χ3v) is 5.88. The molecule has 0 spiro atoms. The zero-order valence-corrected chi connectivity index (χ0v) is 20.7. The molecule has 1 amide bonds. The van der Waals surface area contributed by atoms with Crippen molar-refractivity contribution in [2.75, 3.05) is 38.2 Å². The lowest BCUT2D eigenvalue weighted by atomic mass is 10.1. The summed E-state index contributed by atoms with van der Waals surface area (Å²) in [5.74, 6) is -1.48. The number of nitrogens with zero attached hydrogens (tertiary/aromatic N) is 4. The Labute approximate surface area is 220 Å². The maximum Gasteiger partial charge on any atom is 0.417 e. The van der Waals surface area contributed by atoms with Crippen molar-refractivity contribution in [1.82, 2.24) is 25.2 Å². The van der Waals surface area contributed by atoms with Crippen LogP contribution in [-0.2, 0) is 22.3 Å². The number of anilines is 1. The normalized spacial score (nSPS) is 13.7. The van der Waals surface area contributed by atoms with E-state index in [9.17, 15) is 26.7 Å². The highest BCUT2D eigenvalue weighted by Gasteiger charge is 2.31. The molecule has 3 aromatic rings. The Kier molecular flexibility index (Phi) is 8.69. The monoisotopic (exact) mass is 548 g/mol. The molecule has 1 saturated heterocycles. The summed E-state index contributed by atoms with van der Waals surface area (Å²) in [5, 5.41) is 5.90. The van der Waals surface area contributed by atoms with Crippen molar-refractivity contribution >= 4 is 17.4 Å². The molecule has 1 aliphatic rings. The summed E-state index contributed by atoms with van der Waals surface area (Å²) in [6.45, 7) is 6.09. The van der Waals surface area contributed by atoms with E-state index in [1.807, 2.05) is 0 Å². The fourth-order valence-corrected chi connectivity index (χ4v) is 3.77. The zero-order valence-electron chi connectivity index (χ0n) is 20.7. The first-order valence-corrected chi connectivity index (χ1v) is 12.0. The number of aromatic nitrogens is 3. The van der Waals surface area contributed by atoms with E-state index in [2.05, 4.69) is 32.2 Å². The molecule has 0 atom stereocenters. The number of rotatable bonds is 9. The van der Waals surface area contributed by atoms with Gasteiger partial charge in [-0.25, -0.2) is 18.7 Å². The molecule has 2 aromatic heterocycles. The molecule has 0 unspecified atom stereocenters. The molecule has 39 heavy (non-hydrogen) atoms. The maximum absolute atomic E-state index is 14.1. The largest absolute Gasteiger partial charge is 0.417 e. The van der Waals surface area contributed by atoms with Gasteiger partial charge in [-0.1, -0.05) is 12.6 Å². The Bertz CT molecular complexity index is 1340. The van der Waals surface area contributed by atoms with Crippen molar-refractivity contribution in [3.63, 3.8) is 0 Å². The Morgan fingerprint density at radius 1 is 1.08 bits per heavy atom. The number of morpholine rings is 1. The van der Waals surface area contributed by atoms with Crippen molar-refractivity contribution in [3.05, 3.63) is 77.8 Å². The van der Waals surface area contributed by atoms with Crippen LogP contribution in [-0.4, -0.2) is 58.6 Å². The molecule has 1 fully saturated rings. The molecule has 1 aromatic carbocycles. The first-order chi connectivity index (χ1) is 18.6. The van der Waals surface area contributed by atoms with Crippen LogP contribution in [0.4, 0.5) is 27.8 Å². The quantitative estimate of drug-likeness (QED) is 0.386. The van der Waals surface area contributed by atoms with Gasteiger partial charge in [-0.05, 0) is 12.1 Å². The average molecular weight is 549 g/mol. The van der Waals surface area contributed by atoms with E-state index in [1.54, 1.807) is 4.90 Å². The molecule has 0 aliphatic carbocycles. The summed E-state index contributed by atoms with van der Waals surface area (Å²) in [6.07, 6.45) is -2.56. The van der Waals surface area contributed by atoms with Crippen LogP contribution in [0.2, 0.25) is 0 Å². The van der Waals surface area contributed by atoms with Crippen molar-refractivity contribution in [1.29, 1.82) is 0 Å². The van der Waals surface area contributed by atoms with Crippen LogP contribution < -0.4 is 10.6 Å². The number of pyridine rings is 1. The second-order valence-electron chi connectivity index (χ2n) is 8.66. The number of benzene rings is 1. The minimum absolute atomic E-state index is 0.00187. The number of alkyl halides is 3. The summed E-state index contributed by atoms with van der Waals surface area (Å²) in [6, 6.07) is 5.46. The van der Waals surface area contributed by atoms with Crippen LogP contribution in [0.5, 0.6) is 0 Å². The van der Waals surface area contributed by atoms with Crippen molar-refractivity contribution < 1.29 is 31.5 Å². The summed E-state index contributed by atoms with van der Waals surface area (Å²) < 4.78 is 72.4. The van der Waals surface area contributed by atoms with Gasteiger partial charge in [-0.15, -0.1) is 0 Å². The Morgan fingerprint density at radius 3 is 2.56 bits per heavy atom. The first kappa shape index (κ1) is 27.9. The third-order valence-electron chi connectivity index (χ3n) is 5.88. The fourth-order valence-electron chi connectivity index (χ4n) is 3.77. The third kappa shape index (κ3) is 7.47. The molecule has 2 N–H and O–H groups in total. The SMILES string of the molecule is C=C(NCCC(=O)N1CCOCC1)c1cc(NCc2ccc(F)cc2F)nc(-c2cncc(C(F)(F)F)c2)n1. The van der Waals surface area contributed by atoms with Crippen molar-refractivity contribution in [2.24, 2.45) is 0 Å². The van der Waals surface area contributed by atoms with Gasteiger partial charge in [0.05, 0.1) is 30.2 Å². The van der Waals surface area contributed by atoms with Crippen LogP contribution in [0, 0.1) is 11.6 Å². The Hall–Kier alpha value is -4.13. The standard InChI is InChI=1S/C26H25F5N6O2/c1-16(33-5-4-24(38)37-6-8-39-9-7-37)22-12-23(34-14-17-2-3-20(27)11-21(17)28)36-25(35-22)18-10-19(15-32-13-18)26(29,30)31/h2-3,10-13,15,33H,1,4-9,14H2,(H,34,35,36). The van der Waals surface area contributed by atoms with Crippen LogP contribution >= 0.6 is 0 Å². The lowest BCUT2D eigenvalue weighted by molar-refractivity contribution is -0.138. The highest BCUT2D eigenvalue weighted by atomic mass is 19.4. The minimum atomic E-state index is -4.63. The van der Waals surface area contributed by atoms with Gasteiger partial charge < -0.3 is 20.3 Å². The predicted molar refractivity (Wildman–Crippen MR) is 133 cm³/mol. The molecule has 13 heteroatoms. The van der Waals surface area contributed by atoms with Crippen molar-refractivity contribution in [3.8, 4) is 11.4 Å². The summed E-state index contributed by atoms with van der Waals surface area (Å²) in [5.41, 5.74) is -0.298. The predicted octanol–water partition coefficient (Wildman–Crippen LogP) is 4.26. The fraction of sp³-hybridized carbons (Fsp3) is 0.308. The Balaban J connectivity index is 1.55. The first-order valence-electron chi connectivity index (χ1n) is 12.0. The molecule has 0 radical (unpaired) electrons. The molecule has 8 nitrogen and oxygen atoms in total. The summed E-state index contributed by atoms with van der Waals surface area (Å²) in [7, 11) is 0. The highest BCUT2D eigenvalue weighted by Crippen LogP contribution is 2.31. The number of amides is 1. The van der Waals surface area contributed by atoms with E-state index in [0.29, 0.717) is 38.2 Å². The van der Waals surface area contributed by atoms with Crippen LogP contribution in [0.15, 0.2) is 49.3 Å². The molecule has 0 bridgehead atoms. The number of carbonyl (C=O) groups excluding carboxylic acids is 1. The van der Waals surface area contributed by atoms with Crippen LogP contribution in [0.25, 0.3) is 17.1 Å². The van der Waals surface area contributed by atoms with Gasteiger partial charge in [-0.3, -0.25) is 9.78 Å². The van der Waals surface area contributed by atoms with Crippen LogP contribution in [0.1, 0.15) is 23.2 Å². The van der Waals surface area contributed by atoms with E-state index >= 15 is 0 Å². The number of carbonyl (C=O) groups is 1. The maximum atomic E-state index is 14.1. The molecule has 3 heterocycles. The van der Waals surface area contributed by atoms with Gasteiger partial charge in [0.15, 0.2) is 5.82 Å². The molecule has 1 aliphatic heterocycles. The smallest absolute Gasteiger partial charge is 0.383 e. The highest BCUT2D eigenvalue weighted by molar-refractivity contribution is 5.76. The topological polar surface area (TPSA) is 92.3 Å². The molecule has 0 saturated carbocycles. The lowest BCUT2D eigenvalue weighted by Crippen LogP contribution is -2.41. The summed E-state index contributed by atoms with van der Waals surface area (Å²) >= 11 is 0. The van der Waals surface area contributed by atoms with E-state index in [1.165, 1.54) is 18.3 Å². The van der Waals surface area contributed by atoms with Gasteiger partial charge in [-0.2, -0.15) is 13.2 Å². The summed E-state index contributed by atoms with van der Waals surface area (Å²) in [4.78, 5) is 26.4. The molecular formula is C26H25F5N6O2. The van der Waals surface area contributed by atoms with Gasteiger partial charge in [0.25, 0.3) is 0 Å². The zero-order chi connectivity index (χ0) is 28.0. The second-order valence-corrected chi connectivity index (χ2v) is 8.66. The van der Waals surface area contributed by atoms with E-state index < -0.39 is 23.4 Å². The number of hydrogen-bond acceptors (Lipinski definition) is 7. The minimum Gasteiger partial charge on any atom is -0.383 e. The number of hydrogen-bond donors (Lipinski definition) is 2. The number of ether oxygens (including phenoxy) is 1. The number of nitrogens with one attached hydrogen (secondary N) is 2.